The summed E-state index contributed by atoms with van der Waals surface area (Å²) in [5.74, 6) is 0.162. The highest BCUT2D eigenvalue weighted by Gasteiger charge is 2.14. The van der Waals surface area contributed by atoms with E-state index < -0.39 is 0 Å². The minimum absolute atomic E-state index is 0.0591. The quantitative estimate of drug-likeness (QED) is 0.697. The molecule has 0 bridgehead atoms. The van der Waals surface area contributed by atoms with E-state index in [0.29, 0.717) is 17.1 Å². The van der Waals surface area contributed by atoms with Crippen LogP contribution in [-0.2, 0) is 5.41 Å². The molecule has 6 nitrogen and oxygen atoms in total. The molecule has 2 N–H and O–H groups in total. The van der Waals surface area contributed by atoms with E-state index in [9.17, 15) is 4.79 Å². The molecule has 0 saturated heterocycles. The van der Waals surface area contributed by atoms with Crippen LogP contribution in [0.4, 0.5) is 17.2 Å². The van der Waals surface area contributed by atoms with E-state index in [1.807, 2.05) is 30.3 Å². The van der Waals surface area contributed by atoms with E-state index in [1.165, 1.54) is 18.0 Å². The second-order valence-electron chi connectivity index (χ2n) is 7.39. The maximum atomic E-state index is 12.4. The minimum Gasteiger partial charge on any atom is -0.339 e. The van der Waals surface area contributed by atoms with Crippen LogP contribution < -0.4 is 10.6 Å². The van der Waals surface area contributed by atoms with Crippen molar-refractivity contribution in [3.8, 4) is 6.07 Å². The zero-order chi connectivity index (χ0) is 20.1. The lowest BCUT2D eigenvalue weighted by Crippen LogP contribution is -2.15. The molecular weight excluding hydrogens is 350 g/mol. The standard InChI is InChI=1S/C22H21N5O/c1-22(2,3)16-7-9-17(10-8-16)27-21(28)19-13-25-20(14-24-19)26-18-6-4-5-15(11-18)12-23/h4-11,13-14H,1-3H3,(H,25,26)(H,27,28). The normalized spacial score (nSPS) is 10.8. The highest BCUT2D eigenvalue weighted by molar-refractivity contribution is 6.02. The van der Waals surface area contributed by atoms with Crippen LogP contribution in [0.5, 0.6) is 0 Å². The summed E-state index contributed by atoms with van der Waals surface area (Å²) in [7, 11) is 0. The van der Waals surface area contributed by atoms with E-state index in [2.05, 4.69) is 47.4 Å². The van der Waals surface area contributed by atoms with E-state index in [-0.39, 0.29) is 17.0 Å². The number of carbonyl (C=O) groups is 1. The molecule has 140 valence electrons. The molecular formula is C22H21N5O. The Morgan fingerprint density at radius 1 is 1.00 bits per heavy atom. The Hall–Kier alpha value is -3.72. The fourth-order valence-corrected chi connectivity index (χ4v) is 2.57. The number of carbonyl (C=O) groups excluding carboxylic acids is 1. The predicted octanol–water partition coefficient (Wildman–Crippen LogP) is 4.64. The number of rotatable bonds is 4. The number of hydrogen-bond acceptors (Lipinski definition) is 5. The van der Waals surface area contributed by atoms with E-state index >= 15 is 0 Å². The third kappa shape index (κ3) is 4.71. The molecule has 0 saturated carbocycles. The Bertz CT molecular complexity index is 1010. The zero-order valence-corrected chi connectivity index (χ0v) is 16.0. The second-order valence-corrected chi connectivity index (χ2v) is 7.39. The molecule has 0 spiro atoms. The highest BCUT2D eigenvalue weighted by Crippen LogP contribution is 2.23. The van der Waals surface area contributed by atoms with Crippen LogP contribution in [0.2, 0.25) is 0 Å². The predicted molar refractivity (Wildman–Crippen MR) is 110 cm³/mol. The number of hydrogen-bond donors (Lipinski definition) is 2. The van der Waals surface area contributed by atoms with Gasteiger partial charge >= 0.3 is 0 Å². The summed E-state index contributed by atoms with van der Waals surface area (Å²) in [5.41, 5.74) is 3.45. The summed E-state index contributed by atoms with van der Waals surface area (Å²) in [6.45, 7) is 6.42. The number of nitrogens with zero attached hydrogens (tertiary/aromatic N) is 3. The first-order chi connectivity index (χ1) is 13.3. The summed E-state index contributed by atoms with van der Waals surface area (Å²) in [4.78, 5) is 20.8. The number of nitriles is 1. The zero-order valence-electron chi connectivity index (χ0n) is 16.0. The number of nitrogens with one attached hydrogen (secondary N) is 2. The van der Waals surface area contributed by atoms with Gasteiger partial charge in [-0.25, -0.2) is 9.97 Å². The number of anilines is 3. The molecule has 3 aromatic rings. The Balaban J connectivity index is 1.66. The van der Waals surface area contributed by atoms with Crippen LogP contribution in [0.25, 0.3) is 0 Å². The smallest absolute Gasteiger partial charge is 0.275 e. The lowest BCUT2D eigenvalue weighted by Gasteiger charge is -2.19. The van der Waals surface area contributed by atoms with E-state index in [1.54, 1.807) is 18.2 Å². The van der Waals surface area contributed by atoms with Gasteiger partial charge in [0.05, 0.1) is 24.0 Å². The van der Waals surface area contributed by atoms with Crippen molar-refractivity contribution in [3.63, 3.8) is 0 Å². The third-order valence-electron chi connectivity index (χ3n) is 4.16. The molecule has 6 heteroatoms. The number of amides is 1. The monoisotopic (exact) mass is 371 g/mol. The molecule has 0 aliphatic carbocycles. The Morgan fingerprint density at radius 2 is 1.75 bits per heavy atom. The second kappa shape index (κ2) is 7.89. The first-order valence-electron chi connectivity index (χ1n) is 8.86. The van der Waals surface area contributed by atoms with Crippen molar-refractivity contribution in [1.29, 1.82) is 5.26 Å². The van der Waals surface area contributed by atoms with E-state index in [4.69, 9.17) is 5.26 Å². The molecule has 1 heterocycles. The van der Waals surface area contributed by atoms with Gasteiger partial charge in [0.25, 0.3) is 5.91 Å². The fourth-order valence-electron chi connectivity index (χ4n) is 2.57. The summed E-state index contributed by atoms with van der Waals surface area (Å²) in [5, 5.41) is 14.8. The van der Waals surface area contributed by atoms with Crippen molar-refractivity contribution < 1.29 is 4.79 Å². The van der Waals surface area contributed by atoms with Crippen molar-refractivity contribution in [2.45, 2.75) is 26.2 Å². The fraction of sp³-hybridized carbons (Fsp3) is 0.182. The summed E-state index contributed by atoms with van der Waals surface area (Å²) in [6.07, 6.45) is 2.89. The van der Waals surface area contributed by atoms with Gasteiger partial charge in [-0.15, -0.1) is 0 Å². The van der Waals surface area contributed by atoms with Gasteiger partial charge in [-0.05, 0) is 41.3 Å². The van der Waals surface area contributed by atoms with Gasteiger partial charge in [0.2, 0.25) is 0 Å². The van der Waals surface area contributed by atoms with Crippen LogP contribution in [0.1, 0.15) is 42.4 Å². The Morgan fingerprint density at radius 3 is 2.36 bits per heavy atom. The minimum atomic E-state index is -0.325. The van der Waals surface area contributed by atoms with Crippen LogP contribution in [-0.4, -0.2) is 15.9 Å². The molecule has 1 amide bonds. The van der Waals surface area contributed by atoms with Gasteiger partial charge in [-0.1, -0.05) is 39.0 Å². The van der Waals surface area contributed by atoms with Gasteiger partial charge in [0, 0.05) is 11.4 Å². The maximum Gasteiger partial charge on any atom is 0.275 e. The molecule has 1 aromatic heterocycles. The van der Waals surface area contributed by atoms with Crippen LogP contribution in [0.3, 0.4) is 0 Å². The van der Waals surface area contributed by atoms with Crippen molar-refractivity contribution in [3.05, 3.63) is 77.7 Å². The molecule has 0 aliphatic rings. The number of aromatic nitrogens is 2. The molecule has 0 radical (unpaired) electrons. The molecule has 3 rings (SSSR count). The Labute approximate surface area is 164 Å². The van der Waals surface area contributed by atoms with Crippen molar-refractivity contribution in [1.82, 2.24) is 9.97 Å². The van der Waals surface area contributed by atoms with Crippen LogP contribution >= 0.6 is 0 Å². The maximum absolute atomic E-state index is 12.4. The van der Waals surface area contributed by atoms with Gasteiger partial charge in [-0.2, -0.15) is 5.26 Å². The van der Waals surface area contributed by atoms with Crippen molar-refractivity contribution in [2.75, 3.05) is 10.6 Å². The topological polar surface area (TPSA) is 90.7 Å². The average molecular weight is 371 g/mol. The molecule has 28 heavy (non-hydrogen) atoms. The highest BCUT2D eigenvalue weighted by atomic mass is 16.1. The summed E-state index contributed by atoms with van der Waals surface area (Å²) < 4.78 is 0. The lowest BCUT2D eigenvalue weighted by molar-refractivity contribution is 0.102. The lowest BCUT2D eigenvalue weighted by atomic mass is 9.87. The molecule has 0 aliphatic heterocycles. The van der Waals surface area contributed by atoms with Gasteiger partial charge < -0.3 is 10.6 Å². The molecule has 0 fully saturated rings. The van der Waals surface area contributed by atoms with Gasteiger partial charge in [-0.3, -0.25) is 4.79 Å². The summed E-state index contributed by atoms with van der Waals surface area (Å²) in [6, 6.07) is 16.9. The molecule has 2 aromatic carbocycles. The molecule has 0 atom stereocenters. The van der Waals surface area contributed by atoms with Gasteiger partial charge in [0.15, 0.2) is 0 Å². The molecule has 0 unspecified atom stereocenters. The van der Waals surface area contributed by atoms with Crippen molar-refractivity contribution >= 4 is 23.1 Å². The van der Waals surface area contributed by atoms with Crippen LogP contribution in [0, 0.1) is 11.3 Å². The number of benzene rings is 2. The van der Waals surface area contributed by atoms with E-state index in [0.717, 1.165) is 5.69 Å². The Kier molecular flexibility index (Phi) is 5.37. The largest absolute Gasteiger partial charge is 0.339 e. The summed E-state index contributed by atoms with van der Waals surface area (Å²) >= 11 is 0. The SMILES string of the molecule is CC(C)(C)c1ccc(NC(=O)c2cnc(Nc3cccc(C#N)c3)cn2)cc1. The first-order valence-corrected chi connectivity index (χ1v) is 8.86. The van der Waals surface area contributed by atoms with Crippen molar-refractivity contribution in [2.24, 2.45) is 0 Å². The average Bonchev–Trinajstić information content (AvgIpc) is 2.68. The van der Waals surface area contributed by atoms with Crippen LogP contribution in [0.15, 0.2) is 60.9 Å². The first kappa shape index (κ1) is 19.1. The van der Waals surface area contributed by atoms with Gasteiger partial charge in [0.1, 0.15) is 11.5 Å². The third-order valence-corrected chi connectivity index (χ3v) is 4.16.